The van der Waals surface area contributed by atoms with Crippen LogP contribution in [0.2, 0.25) is 0 Å². The topological polar surface area (TPSA) is 71.3 Å². The highest BCUT2D eigenvalue weighted by Gasteiger charge is 2.70. The van der Waals surface area contributed by atoms with Gasteiger partial charge in [-0.2, -0.15) is 0 Å². The van der Waals surface area contributed by atoms with Crippen LogP contribution in [0.3, 0.4) is 0 Å². The number of hydrogen-bond acceptors (Lipinski definition) is 3. The second kappa shape index (κ2) is 5.84. The van der Waals surface area contributed by atoms with E-state index >= 15 is 0 Å². The molecule has 0 saturated carbocycles. The number of carbonyl (C=O) groups excluding carboxylic acids is 1. The zero-order chi connectivity index (χ0) is 17.3. The van der Waals surface area contributed by atoms with Crippen molar-refractivity contribution < 1.29 is 9.90 Å². The zero-order valence-corrected chi connectivity index (χ0v) is 13.5. The Morgan fingerprint density at radius 3 is 1.80 bits per heavy atom. The fraction of sp³-hybridized carbons (Fsp3) is 0.0952. The zero-order valence-electron chi connectivity index (χ0n) is 13.5. The number of nitrogens with one attached hydrogen (secondary N) is 2. The van der Waals surface area contributed by atoms with Crippen LogP contribution >= 0.6 is 0 Å². The first kappa shape index (κ1) is 15.6. The minimum atomic E-state index is -1.36. The molecule has 3 aromatic rings. The van der Waals surface area contributed by atoms with E-state index in [4.69, 9.17) is 0 Å². The van der Waals surface area contributed by atoms with E-state index in [-0.39, 0.29) is 5.91 Å². The van der Waals surface area contributed by atoms with Gasteiger partial charge < -0.3 is 10.4 Å². The minimum Gasteiger partial charge on any atom is -0.368 e. The van der Waals surface area contributed by atoms with Crippen molar-refractivity contribution in [3.63, 3.8) is 0 Å². The van der Waals surface area contributed by atoms with Crippen molar-refractivity contribution in [2.24, 2.45) is 0 Å². The molecule has 124 valence electrons. The summed E-state index contributed by atoms with van der Waals surface area (Å²) in [5.74, 6) is -0.246. The average molecular weight is 330 g/mol. The van der Waals surface area contributed by atoms with Gasteiger partial charge in [0.1, 0.15) is 0 Å². The molecular formula is C21H18N2O2. The molecule has 1 fully saturated rings. The van der Waals surface area contributed by atoms with Crippen LogP contribution in [0, 0.1) is 0 Å². The van der Waals surface area contributed by atoms with Gasteiger partial charge in [-0.3, -0.25) is 10.1 Å². The van der Waals surface area contributed by atoms with Crippen LogP contribution in [0.15, 0.2) is 91.0 Å². The van der Waals surface area contributed by atoms with Crippen LogP contribution in [0.1, 0.15) is 21.5 Å². The van der Waals surface area contributed by atoms with Gasteiger partial charge in [-0.15, -0.1) is 0 Å². The Kier molecular flexibility index (Phi) is 3.64. The van der Waals surface area contributed by atoms with Crippen LogP contribution in [0.5, 0.6) is 0 Å². The Morgan fingerprint density at radius 1 is 0.760 bits per heavy atom. The van der Waals surface area contributed by atoms with Crippen molar-refractivity contribution in [1.29, 1.82) is 0 Å². The lowest BCUT2D eigenvalue weighted by atomic mass is 9.95. The third kappa shape index (κ3) is 2.52. The Balaban J connectivity index is 1.74. The lowest BCUT2D eigenvalue weighted by Crippen LogP contribution is -2.41. The van der Waals surface area contributed by atoms with E-state index in [1.165, 1.54) is 0 Å². The standard InChI is InChI=1S/C21H18N2O2/c24-19(16-10-4-1-5-11-16)22-20(17-12-6-2-7-13-17)21(25,23-20)18-14-8-3-9-15-18/h1-15,23,25H,(H,22,24). The van der Waals surface area contributed by atoms with Crippen molar-refractivity contribution >= 4 is 5.91 Å². The molecule has 0 aromatic heterocycles. The van der Waals surface area contributed by atoms with E-state index < -0.39 is 11.4 Å². The van der Waals surface area contributed by atoms with Crippen molar-refractivity contribution in [2.45, 2.75) is 11.4 Å². The van der Waals surface area contributed by atoms with Crippen LogP contribution in [-0.2, 0) is 11.4 Å². The van der Waals surface area contributed by atoms with Gasteiger partial charge in [0.15, 0.2) is 11.4 Å². The molecule has 0 aliphatic carbocycles. The van der Waals surface area contributed by atoms with Crippen LogP contribution in [0.25, 0.3) is 0 Å². The van der Waals surface area contributed by atoms with E-state index in [0.29, 0.717) is 11.1 Å². The first-order valence-corrected chi connectivity index (χ1v) is 8.16. The first-order valence-electron chi connectivity index (χ1n) is 8.16. The number of aliphatic hydroxyl groups is 1. The molecule has 4 heteroatoms. The van der Waals surface area contributed by atoms with E-state index in [1.807, 2.05) is 78.9 Å². The number of rotatable bonds is 4. The molecule has 3 aromatic carbocycles. The maximum absolute atomic E-state index is 12.7. The highest BCUT2D eigenvalue weighted by molar-refractivity contribution is 5.95. The van der Waals surface area contributed by atoms with Crippen molar-refractivity contribution in [2.75, 3.05) is 0 Å². The van der Waals surface area contributed by atoms with E-state index in [0.717, 1.165) is 5.56 Å². The number of hydrogen-bond donors (Lipinski definition) is 3. The van der Waals surface area contributed by atoms with Gasteiger partial charge in [0.2, 0.25) is 0 Å². The summed E-state index contributed by atoms with van der Waals surface area (Å²) in [6, 6.07) is 27.7. The summed E-state index contributed by atoms with van der Waals surface area (Å²) >= 11 is 0. The molecule has 2 unspecified atom stereocenters. The summed E-state index contributed by atoms with van der Waals surface area (Å²) in [5, 5.41) is 17.3. The van der Waals surface area contributed by atoms with Gasteiger partial charge in [0.25, 0.3) is 5.91 Å². The summed E-state index contributed by atoms with van der Waals surface area (Å²) < 4.78 is 0. The molecule has 1 aliphatic heterocycles. The van der Waals surface area contributed by atoms with Gasteiger partial charge in [-0.25, -0.2) is 0 Å². The normalized spacial score (nSPS) is 24.5. The summed E-state index contributed by atoms with van der Waals surface area (Å²) in [6.45, 7) is 0. The summed E-state index contributed by atoms with van der Waals surface area (Å²) in [5.41, 5.74) is -0.387. The Hall–Kier alpha value is -2.95. The largest absolute Gasteiger partial charge is 0.368 e. The van der Waals surface area contributed by atoms with Crippen LogP contribution < -0.4 is 10.6 Å². The van der Waals surface area contributed by atoms with Gasteiger partial charge >= 0.3 is 0 Å². The van der Waals surface area contributed by atoms with Crippen molar-refractivity contribution in [3.05, 3.63) is 108 Å². The molecule has 0 radical (unpaired) electrons. The minimum absolute atomic E-state index is 0.246. The third-order valence-electron chi connectivity index (χ3n) is 4.58. The van der Waals surface area contributed by atoms with Crippen LogP contribution in [0.4, 0.5) is 0 Å². The predicted octanol–water partition coefficient (Wildman–Crippen LogP) is 2.72. The second-order valence-electron chi connectivity index (χ2n) is 6.14. The molecule has 3 N–H and O–H groups in total. The predicted molar refractivity (Wildman–Crippen MR) is 95.5 cm³/mol. The lowest BCUT2D eigenvalue weighted by Gasteiger charge is -2.21. The quantitative estimate of drug-likeness (QED) is 0.644. The summed E-state index contributed by atoms with van der Waals surface area (Å²) in [7, 11) is 0. The fourth-order valence-electron chi connectivity index (χ4n) is 3.20. The number of amides is 1. The maximum Gasteiger partial charge on any atom is 0.253 e. The fourth-order valence-corrected chi connectivity index (χ4v) is 3.20. The summed E-state index contributed by atoms with van der Waals surface area (Å²) in [4.78, 5) is 12.7. The highest BCUT2D eigenvalue weighted by atomic mass is 16.3. The molecule has 2 atom stereocenters. The van der Waals surface area contributed by atoms with Gasteiger partial charge in [-0.05, 0) is 17.7 Å². The molecule has 1 aliphatic rings. The molecule has 1 saturated heterocycles. The average Bonchev–Trinajstić information content (AvgIpc) is 3.30. The third-order valence-corrected chi connectivity index (χ3v) is 4.58. The Morgan fingerprint density at radius 2 is 1.24 bits per heavy atom. The van der Waals surface area contributed by atoms with E-state index in [2.05, 4.69) is 10.6 Å². The van der Waals surface area contributed by atoms with Gasteiger partial charge in [-0.1, -0.05) is 78.9 Å². The Labute approximate surface area is 146 Å². The van der Waals surface area contributed by atoms with Crippen molar-refractivity contribution in [3.8, 4) is 0 Å². The lowest BCUT2D eigenvalue weighted by molar-refractivity contribution is 0.0804. The molecular weight excluding hydrogens is 312 g/mol. The van der Waals surface area contributed by atoms with E-state index in [9.17, 15) is 9.90 Å². The molecule has 4 nitrogen and oxygen atoms in total. The molecule has 25 heavy (non-hydrogen) atoms. The Bertz CT molecular complexity index is 884. The molecule has 0 spiro atoms. The highest BCUT2D eigenvalue weighted by Crippen LogP contribution is 2.50. The molecule has 4 rings (SSSR count). The summed E-state index contributed by atoms with van der Waals surface area (Å²) in [6.07, 6.45) is 0. The first-order chi connectivity index (χ1) is 12.2. The monoisotopic (exact) mass is 330 g/mol. The van der Waals surface area contributed by atoms with Gasteiger partial charge in [0.05, 0.1) is 0 Å². The smallest absolute Gasteiger partial charge is 0.253 e. The second-order valence-corrected chi connectivity index (χ2v) is 6.14. The van der Waals surface area contributed by atoms with Crippen LogP contribution in [-0.4, -0.2) is 11.0 Å². The molecule has 1 amide bonds. The van der Waals surface area contributed by atoms with E-state index in [1.54, 1.807) is 12.1 Å². The molecule has 1 heterocycles. The molecule has 0 bridgehead atoms. The number of benzene rings is 3. The number of carbonyl (C=O) groups is 1. The maximum atomic E-state index is 12.7. The van der Waals surface area contributed by atoms with Crippen molar-refractivity contribution in [1.82, 2.24) is 10.6 Å². The van der Waals surface area contributed by atoms with Gasteiger partial charge in [0, 0.05) is 11.1 Å². The SMILES string of the molecule is O=C(NC1(c2ccccc2)NC1(O)c1ccccc1)c1ccccc1.